The highest BCUT2D eigenvalue weighted by Gasteiger charge is 2.34. The number of pyridine rings is 1. The lowest BCUT2D eigenvalue weighted by atomic mass is 9.76. The molecular weight excluding hydrogens is 388 g/mol. The molecule has 0 unspecified atom stereocenters. The highest BCUT2D eigenvalue weighted by atomic mass is 15.0. The molecule has 0 spiro atoms. The first-order valence-corrected chi connectivity index (χ1v) is 11.2. The van der Waals surface area contributed by atoms with Crippen molar-refractivity contribution >= 4 is 32.7 Å². The fraction of sp³-hybridized carbons (Fsp3) is 0.100. The third-order valence-corrected chi connectivity index (χ3v) is 7.16. The van der Waals surface area contributed by atoms with Crippen LogP contribution < -0.4 is 0 Å². The van der Waals surface area contributed by atoms with Crippen LogP contribution in [0.15, 0.2) is 97.1 Å². The van der Waals surface area contributed by atoms with Crippen molar-refractivity contribution in [1.29, 1.82) is 0 Å². The average Bonchev–Trinajstić information content (AvgIpc) is 3.14. The van der Waals surface area contributed by atoms with E-state index in [0.717, 1.165) is 11.2 Å². The van der Waals surface area contributed by atoms with E-state index in [-0.39, 0.29) is 5.41 Å². The highest BCUT2D eigenvalue weighted by molar-refractivity contribution is 6.18. The van der Waals surface area contributed by atoms with Crippen LogP contribution in [0, 0.1) is 0 Å². The smallest absolute Gasteiger partial charge is 0.0757 e. The van der Waals surface area contributed by atoms with Gasteiger partial charge in [-0.3, -0.25) is 0 Å². The van der Waals surface area contributed by atoms with Crippen LogP contribution in [-0.2, 0) is 5.41 Å². The molecule has 0 N–H and O–H groups in total. The average molecular weight is 411 g/mol. The molecule has 0 amide bonds. The van der Waals surface area contributed by atoms with E-state index in [1.165, 1.54) is 49.6 Å². The Kier molecular flexibility index (Phi) is 3.37. The SMILES string of the molecule is CC1(C)c2cc3ccccc3nc2-c2cccc3c2c2c1cccc2n3-c1ccccc1. The van der Waals surface area contributed by atoms with E-state index in [0.29, 0.717) is 0 Å². The number of hydrogen-bond acceptors (Lipinski definition) is 1. The summed E-state index contributed by atoms with van der Waals surface area (Å²) < 4.78 is 2.40. The lowest BCUT2D eigenvalue weighted by molar-refractivity contribution is 0.649. The molecule has 1 aliphatic carbocycles. The summed E-state index contributed by atoms with van der Waals surface area (Å²) in [5, 5.41) is 3.84. The molecule has 7 rings (SSSR count). The summed E-state index contributed by atoms with van der Waals surface area (Å²) in [6.45, 7) is 4.68. The van der Waals surface area contributed by atoms with Crippen molar-refractivity contribution in [3.05, 3.63) is 108 Å². The summed E-state index contributed by atoms with van der Waals surface area (Å²) in [6, 6.07) is 34.9. The minimum Gasteiger partial charge on any atom is -0.309 e. The van der Waals surface area contributed by atoms with Crippen molar-refractivity contribution in [2.45, 2.75) is 19.3 Å². The summed E-state index contributed by atoms with van der Waals surface area (Å²) in [5.41, 5.74) is 9.51. The Morgan fingerprint density at radius 2 is 1.38 bits per heavy atom. The van der Waals surface area contributed by atoms with E-state index < -0.39 is 0 Å². The minimum atomic E-state index is -0.180. The molecule has 0 atom stereocenters. The second kappa shape index (κ2) is 6.08. The van der Waals surface area contributed by atoms with Crippen molar-refractivity contribution in [3.63, 3.8) is 0 Å². The maximum absolute atomic E-state index is 5.24. The monoisotopic (exact) mass is 410 g/mol. The first-order chi connectivity index (χ1) is 15.6. The number of aromatic nitrogens is 2. The zero-order chi connectivity index (χ0) is 21.4. The molecule has 32 heavy (non-hydrogen) atoms. The number of hydrogen-bond donors (Lipinski definition) is 0. The predicted octanol–water partition coefficient (Wildman–Crippen LogP) is 7.64. The zero-order valence-electron chi connectivity index (χ0n) is 18.1. The second-order valence-electron chi connectivity index (χ2n) is 9.27. The molecule has 2 heteroatoms. The van der Waals surface area contributed by atoms with Crippen LogP contribution in [0.2, 0.25) is 0 Å². The maximum Gasteiger partial charge on any atom is 0.0757 e. The fourth-order valence-corrected chi connectivity index (χ4v) is 5.62. The normalized spacial score (nSPS) is 14.2. The zero-order valence-corrected chi connectivity index (χ0v) is 18.1. The van der Waals surface area contributed by atoms with Crippen LogP contribution in [-0.4, -0.2) is 9.55 Å². The molecule has 152 valence electrons. The van der Waals surface area contributed by atoms with Crippen molar-refractivity contribution in [1.82, 2.24) is 9.55 Å². The summed E-state index contributed by atoms with van der Waals surface area (Å²) in [7, 11) is 0. The molecule has 0 aliphatic heterocycles. The molecule has 2 aromatic heterocycles. The first kappa shape index (κ1) is 17.7. The molecular formula is C30H22N2. The molecule has 0 saturated carbocycles. The molecule has 0 fully saturated rings. The molecule has 0 bridgehead atoms. The standard InChI is InChI=1S/C30H22N2/c1-30(2)22-14-9-17-26-28(22)27-21(29-23(30)18-19-10-6-7-15-24(19)31-29)13-8-16-25(27)32(26)20-11-4-3-5-12-20/h3-18H,1-2H3. The Labute approximate surface area is 186 Å². The van der Waals surface area contributed by atoms with Crippen LogP contribution in [0.1, 0.15) is 25.0 Å². The third-order valence-electron chi connectivity index (χ3n) is 7.16. The summed E-state index contributed by atoms with van der Waals surface area (Å²) >= 11 is 0. The number of benzene rings is 4. The third kappa shape index (κ3) is 2.17. The Balaban J connectivity index is 1.74. The molecule has 0 radical (unpaired) electrons. The Bertz CT molecular complexity index is 1690. The lowest BCUT2D eigenvalue weighted by Gasteiger charge is -2.28. The summed E-state index contributed by atoms with van der Waals surface area (Å²) in [5.74, 6) is 0. The van der Waals surface area contributed by atoms with E-state index >= 15 is 0 Å². The van der Waals surface area contributed by atoms with Crippen LogP contribution in [0.4, 0.5) is 0 Å². The van der Waals surface area contributed by atoms with Crippen LogP contribution in [0.5, 0.6) is 0 Å². The molecule has 6 aromatic rings. The van der Waals surface area contributed by atoms with Gasteiger partial charge in [0.05, 0.1) is 22.2 Å². The van der Waals surface area contributed by atoms with E-state index in [2.05, 4.69) is 115 Å². The van der Waals surface area contributed by atoms with E-state index in [4.69, 9.17) is 4.98 Å². The van der Waals surface area contributed by atoms with Gasteiger partial charge in [-0.2, -0.15) is 0 Å². The lowest BCUT2D eigenvalue weighted by Crippen LogP contribution is -2.20. The van der Waals surface area contributed by atoms with Gasteiger partial charge in [-0.05, 0) is 47.5 Å². The van der Waals surface area contributed by atoms with E-state index in [1.54, 1.807) is 0 Å². The second-order valence-corrected chi connectivity index (χ2v) is 9.27. The van der Waals surface area contributed by atoms with Crippen molar-refractivity contribution in [2.24, 2.45) is 0 Å². The van der Waals surface area contributed by atoms with Gasteiger partial charge < -0.3 is 4.57 Å². The van der Waals surface area contributed by atoms with Gasteiger partial charge in [0.2, 0.25) is 0 Å². The van der Waals surface area contributed by atoms with Gasteiger partial charge in [0.15, 0.2) is 0 Å². The number of rotatable bonds is 1. The maximum atomic E-state index is 5.24. The van der Waals surface area contributed by atoms with Gasteiger partial charge in [0.25, 0.3) is 0 Å². The van der Waals surface area contributed by atoms with Crippen molar-refractivity contribution in [3.8, 4) is 16.9 Å². The topological polar surface area (TPSA) is 17.8 Å². The highest BCUT2D eigenvalue weighted by Crippen LogP contribution is 2.50. The van der Waals surface area contributed by atoms with Crippen molar-refractivity contribution < 1.29 is 0 Å². The Morgan fingerprint density at radius 3 is 2.22 bits per heavy atom. The largest absolute Gasteiger partial charge is 0.309 e. The number of fused-ring (bicyclic) bond motifs is 3. The van der Waals surface area contributed by atoms with Crippen LogP contribution in [0.25, 0.3) is 49.7 Å². The molecule has 4 aromatic carbocycles. The van der Waals surface area contributed by atoms with Gasteiger partial charge in [-0.15, -0.1) is 0 Å². The van der Waals surface area contributed by atoms with Gasteiger partial charge >= 0.3 is 0 Å². The number of nitrogens with zero attached hydrogens (tertiary/aromatic N) is 2. The van der Waals surface area contributed by atoms with Gasteiger partial charge in [0, 0.05) is 32.8 Å². The minimum absolute atomic E-state index is 0.180. The Morgan fingerprint density at radius 1 is 0.656 bits per heavy atom. The summed E-state index contributed by atoms with van der Waals surface area (Å²) in [4.78, 5) is 5.24. The van der Waals surface area contributed by atoms with Gasteiger partial charge in [-0.1, -0.05) is 74.5 Å². The summed E-state index contributed by atoms with van der Waals surface area (Å²) in [6.07, 6.45) is 0. The van der Waals surface area contributed by atoms with Gasteiger partial charge in [0.1, 0.15) is 0 Å². The number of para-hydroxylation sites is 2. The van der Waals surface area contributed by atoms with Crippen LogP contribution in [0.3, 0.4) is 0 Å². The fourth-order valence-electron chi connectivity index (χ4n) is 5.62. The molecule has 0 saturated heterocycles. The predicted molar refractivity (Wildman–Crippen MR) is 134 cm³/mol. The first-order valence-electron chi connectivity index (χ1n) is 11.2. The van der Waals surface area contributed by atoms with E-state index in [1.807, 2.05) is 0 Å². The van der Waals surface area contributed by atoms with Crippen LogP contribution >= 0.6 is 0 Å². The Hall–Kier alpha value is -3.91. The van der Waals surface area contributed by atoms with E-state index in [9.17, 15) is 0 Å². The molecule has 1 aliphatic rings. The molecule has 2 heterocycles. The quantitative estimate of drug-likeness (QED) is 0.272. The van der Waals surface area contributed by atoms with Crippen molar-refractivity contribution in [2.75, 3.05) is 0 Å². The van der Waals surface area contributed by atoms with Gasteiger partial charge in [-0.25, -0.2) is 4.98 Å². The molecule has 2 nitrogen and oxygen atoms in total.